The van der Waals surface area contributed by atoms with E-state index in [9.17, 15) is 9.90 Å². The topological polar surface area (TPSA) is 55.8 Å². The molecule has 3 fully saturated rings. The zero-order valence-corrected chi connectivity index (χ0v) is 16.3. The summed E-state index contributed by atoms with van der Waals surface area (Å²) >= 11 is 0. The molecule has 0 unspecified atom stereocenters. The third-order valence-corrected chi connectivity index (χ3v) is 6.69. The Morgan fingerprint density at radius 2 is 1.89 bits per heavy atom. The summed E-state index contributed by atoms with van der Waals surface area (Å²) in [6, 6.07) is 8.69. The third kappa shape index (κ3) is 4.20. The number of carbonyl (C=O) groups is 1. The number of carbonyl (C=O) groups excluding carboxylic acids is 1. The van der Waals surface area contributed by atoms with Gasteiger partial charge in [0.25, 0.3) is 0 Å². The van der Waals surface area contributed by atoms with Gasteiger partial charge in [-0.2, -0.15) is 0 Å². The van der Waals surface area contributed by atoms with Crippen molar-refractivity contribution in [1.29, 1.82) is 0 Å². The number of nitrogens with zero attached hydrogens (tertiary/aromatic N) is 2. The van der Waals surface area contributed by atoms with Crippen LogP contribution in [0.4, 0.5) is 0 Å². The average Bonchev–Trinajstić information content (AvgIpc) is 3.08. The van der Waals surface area contributed by atoms with Gasteiger partial charge in [0.05, 0.1) is 5.60 Å². The Hall–Kier alpha value is -1.43. The maximum atomic E-state index is 12.0. The molecule has 5 heteroatoms. The molecule has 0 bridgehead atoms. The zero-order valence-electron chi connectivity index (χ0n) is 16.3. The molecule has 0 aliphatic carbocycles. The van der Waals surface area contributed by atoms with Crippen molar-refractivity contribution in [2.24, 2.45) is 0 Å². The van der Waals surface area contributed by atoms with Gasteiger partial charge in [0.1, 0.15) is 0 Å². The molecular formula is C22H33N3O2. The first-order chi connectivity index (χ1) is 13.2. The Kier molecular flexibility index (Phi) is 5.81. The maximum Gasteiger partial charge on any atom is 0.222 e. The van der Waals surface area contributed by atoms with E-state index in [4.69, 9.17) is 0 Å². The second kappa shape index (κ2) is 8.29. The SMILES string of the molecule is O=C1CCCN1Cc1ccccc1CNC[C@]1(O)CCCN2CCCC[C@@H]21. The van der Waals surface area contributed by atoms with Crippen LogP contribution in [0.3, 0.4) is 0 Å². The summed E-state index contributed by atoms with van der Waals surface area (Å²) in [6.07, 6.45) is 7.26. The Morgan fingerprint density at radius 3 is 2.70 bits per heavy atom. The van der Waals surface area contributed by atoms with Gasteiger partial charge in [0.15, 0.2) is 0 Å². The quantitative estimate of drug-likeness (QED) is 0.806. The number of hydrogen-bond donors (Lipinski definition) is 2. The fraction of sp³-hybridized carbons (Fsp3) is 0.682. The van der Waals surface area contributed by atoms with Crippen molar-refractivity contribution in [3.05, 3.63) is 35.4 Å². The molecule has 0 saturated carbocycles. The van der Waals surface area contributed by atoms with Crippen molar-refractivity contribution < 1.29 is 9.90 Å². The highest BCUT2D eigenvalue weighted by Gasteiger charge is 2.43. The number of nitrogens with one attached hydrogen (secondary N) is 1. The van der Waals surface area contributed by atoms with E-state index < -0.39 is 5.60 Å². The van der Waals surface area contributed by atoms with E-state index >= 15 is 0 Å². The van der Waals surface area contributed by atoms with Crippen molar-refractivity contribution in [2.45, 2.75) is 69.7 Å². The van der Waals surface area contributed by atoms with Crippen LogP contribution < -0.4 is 5.32 Å². The van der Waals surface area contributed by atoms with Crippen molar-refractivity contribution in [2.75, 3.05) is 26.2 Å². The summed E-state index contributed by atoms with van der Waals surface area (Å²) in [4.78, 5) is 16.4. The first-order valence-electron chi connectivity index (χ1n) is 10.7. The van der Waals surface area contributed by atoms with E-state index in [1.54, 1.807) is 0 Å². The van der Waals surface area contributed by atoms with Gasteiger partial charge in [-0.3, -0.25) is 9.69 Å². The summed E-state index contributed by atoms with van der Waals surface area (Å²) in [6.45, 7) is 5.24. The highest BCUT2D eigenvalue weighted by atomic mass is 16.3. The minimum atomic E-state index is -0.613. The van der Waals surface area contributed by atoms with Crippen LogP contribution in [0.2, 0.25) is 0 Å². The van der Waals surface area contributed by atoms with Gasteiger partial charge in [-0.25, -0.2) is 0 Å². The second-order valence-electron chi connectivity index (χ2n) is 8.55. The number of fused-ring (bicyclic) bond motifs is 1. The van der Waals surface area contributed by atoms with Crippen LogP contribution in [0.1, 0.15) is 56.1 Å². The van der Waals surface area contributed by atoms with E-state index in [1.165, 1.54) is 24.0 Å². The number of likely N-dealkylation sites (tertiary alicyclic amines) is 1. The lowest BCUT2D eigenvalue weighted by Gasteiger charge is -2.49. The van der Waals surface area contributed by atoms with Crippen LogP contribution in [0.5, 0.6) is 0 Å². The largest absolute Gasteiger partial charge is 0.387 e. The molecule has 2 N–H and O–H groups in total. The van der Waals surface area contributed by atoms with Crippen LogP contribution in [0.15, 0.2) is 24.3 Å². The highest BCUT2D eigenvalue weighted by molar-refractivity contribution is 5.78. The van der Waals surface area contributed by atoms with Crippen molar-refractivity contribution in [1.82, 2.24) is 15.1 Å². The Bertz CT molecular complexity index is 663. The molecule has 0 radical (unpaired) electrons. The van der Waals surface area contributed by atoms with E-state index in [1.807, 2.05) is 11.0 Å². The van der Waals surface area contributed by atoms with E-state index in [-0.39, 0.29) is 5.91 Å². The normalized spacial score (nSPS) is 29.1. The van der Waals surface area contributed by atoms with Gasteiger partial charge in [-0.15, -0.1) is 0 Å². The third-order valence-electron chi connectivity index (χ3n) is 6.69. The number of rotatable bonds is 6. The first-order valence-corrected chi connectivity index (χ1v) is 10.7. The molecule has 3 aliphatic rings. The fourth-order valence-corrected chi connectivity index (χ4v) is 5.20. The number of aliphatic hydroxyl groups is 1. The molecule has 1 aromatic carbocycles. The number of benzene rings is 1. The second-order valence-corrected chi connectivity index (χ2v) is 8.55. The van der Waals surface area contributed by atoms with Gasteiger partial charge >= 0.3 is 0 Å². The average molecular weight is 372 g/mol. The van der Waals surface area contributed by atoms with Crippen LogP contribution in [-0.2, 0) is 17.9 Å². The molecule has 3 saturated heterocycles. The molecule has 1 amide bonds. The van der Waals surface area contributed by atoms with E-state index in [0.717, 1.165) is 51.9 Å². The van der Waals surface area contributed by atoms with Gasteiger partial charge in [-0.05, 0) is 56.3 Å². The summed E-state index contributed by atoms with van der Waals surface area (Å²) in [5, 5.41) is 14.9. The first kappa shape index (κ1) is 18.9. The van der Waals surface area contributed by atoms with Crippen LogP contribution in [0.25, 0.3) is 0 Å². The van der Waals surface area contributed by atoms with E-state index in [0.29, 0.717) is 25.6 Å². The Morgan fingerprint density at radius 1 is 1.07 bits per heavy atom. The monoisotopic (exact) mass is 371 g/mol. The standard InChI is InChI=1S/C22H33N3O2/c26-21-10-5-13-25(21)16-19-8-2-1-7-18(19)15-23-17-22(27)11-6-14-24-12-4-3-9-20(22)24/h1-2,7-8,20,23,27H,3-6,9-17H2/t20-,22-/m1/s1. The van der Waals surface area contributed by atoms with Crippen LogP contribution in [0, 0.1) is 0 Å². The lowest BCUT2D eigenvalue weighted by molar-refractivity contribution is -0.128. The Labute approximate surface area is 162 Å². The minimum absolute atomic E-state index is 0.270. The molecule has 148 valence electrons. The van der Waals surface area contributed by atoms with Gasteiger partial charge in [0.2, 0.25) is 5.91 Å². The molecule has 3 aliphatic heterocycles. The van der Waals surface area contributed by atoms with Gasteiger partial charge in [0, 0.05) is 38.6 Å². The van der Waals surface area contributed by atoms with Gasteiger partial charge in [-0.1, -0.05) is 30.7 Å². The van der Waals surface area contributed by atoms with Gasteiger partial charge < -0.3 is 15.3 Å². The lowest BCUT2D eigenvalue weighted by Crippen LogP contribution is -2.62. The van der Waals surface area contributed by atoms with Crippen LogP contribution in [-0.4, -0.2) is 58.6 Å². The summed E-state index contributed by atoms with van der Waals surface area (Å²) in [5.74, 6) is 0.270. The molecule has 0 spiro atoms. The van der Waals surface area contributed by atoms with Crippen molar-refractivity contribution >= 4 is 5.91 Å². The summed E-state index contributed by atoms with van der Waals surface area (Å²) in [5.41, 5.74) is 1.84. The Balaban J connectivity index is 1.37. The molecule has 1 aromatic rings. The minimum Gasteiger partial charge on any atom is -0.387 e. The summed E-state index contributed by atoms with van der Waals surface area (Å²) in [7, 11) is 0. The number of amides is 1. The fourth-order valence-electron chi connectivity index (χ4n) is 5.20. The zero-order chi connectivity index (χ0) is 18.7. The lowest BCUT2D eigenvalue weighted by atomic mass is 9.79. The van der Waals surface area contributed by atoms with Crippen LogP contribution >= 0.6 is 0 Å². The number of piperidine rings is 2. The predicted molar refractivity (Wildman–Crippen MR) is 106 cm³/mol. The highest BCUT2D eigenvalue weighted by Crippen LogP contribution is 2.33. The smallest absolute Gasteiger partial charge is 0.222 e. The molecule has 4 rings (SSSR count). The maximum absolute atomic E-state index is 12.0. The molecule has 27 heavy (non-hydrogen) atoms. The molecule has 2 atom stereocenters. The summed E-state index contributed by atoms with van der Waals surface area (Å²) < 4.78 is 0. The van der Waals surface area contributed by atoms with E-state index in [2.05, 4.69) is 28.4 Å². The number of hydrogen-bond acceptors (Lipinski definition) is 4. The molecule has 0 aromatic heterocycles. The molecular weight excluding hydrogens is 338 g/mol. The predicted octanol–water partition coefficient (Wildman–Crippen LogP) is 2.28. The molecule has 5 nitrogen and oxygen atoms in total. The molecule has 3 heterocycles. The van der Waals surface area contributed by atoms with Crippen molar-refractivity contribution in [3.8, 4) is 0 Å². The van der Waals surface area contributed by atoms with Crippen molar-refractivity contribution in [3.63, 3.8) is 0 Å².